The number of alkyl halides is 1. The normalized spacial score (nSPS) is 12.9. The molecule has 0 aliphatic carbocycles. The summed E-state index contributed by atoms with van der Waals surface area (Å²) in [5, 5.41) is 3.02. The fourth-order valence-corrected chi connectivity index (χ4v) is 3.36. The SMILES string of the molecule is CC(Cl)c1nc2ccc(Br)cc2n1CCc1nccs1. The summed E-state index contributed by atoms with van der Waals surface area (Å²) in [6.07, 6.45) is 2.74. The van der Waals surface area contributed by atoms with Crippen molar-refractivity contribution in [1.29, 1.82) is 0 Å². The van der Waals surface area contributed by atoms with Crippen LogP contribution in [0.5, 0.6) is 0 Å². The standard InChI is InChI=1S/C14H13BrClN3S/c1-9(16)14-18-11-3-2-10(15)8-12(11)19(14)6-4-13-17-5-7-20-13/h2-3,5,7-9H,4,6H2,1H3. The molecule has 2 heterocycles. The second-order valence-electron chi connectivity index (χ2n) is 4.55. The van der Waals surface area contributed by atoms with E-state index < -0.39 is 0 Å². The Kier molecular flexibility index (Phi) is 4.10. The third-order valence-corrected chi connectivity index (χ3v) is 4.66. The van der Waals surface area contributed by atoms with Gasteiger partial charge in [0.2, 0.25) is 0 Å². The van der Waals surface area contributed by atoms with Crippen LogP contribution in [-0.4, -0.2) is 14.5 Å². The zero-order valence-electron chi connectivity index (χ0n) is 10.9. The van der Waals surface area contributed by atoms with Crippen molar-refractivity contribution >= 4 is 49.9 Å². The lowest BCUT2D eigenvalue weighted by molar-refractivity contribution is 0.666. The molecule has 3 nitrogen and oxygen atoms in total. The summed E-state index contributed by atoms with van der Waals surface area (Å²) in [5.41, 5.74) is 2.09. The highest BCUT2D eigenvalue weighted by atomic mass is 79.9. The summed E-state index contributed by atoms with van der Waals surface area (Å²) in [6.45, 7) is 2.80. The van der Waals surface area contributed by atoms with Crippen LogP contribution >= 0.6 is 38.9 Å². The minimum absolute atomic E-state index is 0.113. The van der Waals surface area contributed by atoms with E-state index in [-0.39, 0.29) is 5.38 Å². The summed E-state index contributed by atoms with van der Waals surface area (Å²) in [7, 11) is 0. The second-order valence-corrected chi connectivity index (χ2v) is 7.10. The number of fused-ring (bicyclic) bond motifs is 1. The van der Waals surface area contributed by atoms with Crippen molar-refractivity contribution in [3.05, 3.63) is 45.1 Å². The van der Waals surface area contributed by atoms with Crippen molar-refractivity contribution in [2.24, 2.45) is 0 Å². The van der Waals surface area contributed by atoms with Crippen LogP contribution in [0.3, 0.4) is 0 Å². The summed E-state index contributed by atoms with van der Waals surface area (Å²) >= 11 is 11.5. The smallest absolute Gasteiger partial charge is 0.127 e. The summed E-state index contributed by atoms with van der Waals surface area (Å²) in [5.74, 6) is 0.913. The molecular formula is C14H13BrClN3S. The Balaban J connectivity index is 2.01. The predicted molar refractivity (Wildman–Crippen MR) is 87.5 cm³/mol. The molecule has 1 aromatic carbocycles. The molecule has 2 aromatic heterocycles. The molecule has 0 radical (unpaired) electrons. The number of nitrogens with zero attached hydrogens (tertiary/aromatic N) is 3. The molecule has 0 saturated heterocycles. The molecule has 0 N–H and O–H groups in total. The lowest BCUT2D eigenvalue weighted by Gasteiger charge is -2.09. The largest absolute Gasteiger partial charge is 0.326 e. The molecule has 0 aliphatic heterocycles. The number of benzene rings is 1. The first-order chi connectivity index (χ1) is 9.65. The molecule has 0 aliphatic rings. The maximum Gasteiger partial charge on any atom is 0.127 e. The molecule has 0 bridgehead atoms. The first-order valence-corrected chi connectivity index (χ1v) is 8.44. The van der Waals surface area contributed by atoms with Crippen LogP contribution in [0.4, 0.5) is 0 Å². The van der Waals surface area contributed by atoms with Gasteiger partial charge in [0, 0.05) is 29.0 Å². The van der Waals surface area contributed by atoms with Crippen LogP contribution in [0, 0.1) is 0 Å². The number of aryl methyl sites for hydroxylation is 2. The van der Waals surface area contributed by atoms with Crippen molar-refractivity contribution in [2.75, 3.05) is 0 Å². The third kappa shape index (κ3) is 2.75. The van der Waals surface area contributed by atoms with Crippen LogP contribution in [0.15, 0.2) is 34.2 Å². The van der Waals surface area contributed by atoms with E-state index in [1.807, 2.05) is 30.6 Å². The number of hydrogen-bond acceptors (Lipinski definition) is 3. The van der Waals surface area contributed by atoms with Gasteiger partial charge in [0.15, 0.2) is 0 Å². The van der Waals surface area contributed by atoms with Crippen LogP contribution in [0.25, 0.3) is 11.0 Å². The van der Waals surface area contributed by atoms with Crippen LogP contribution in [-0.2, 0) is 13.0 Å². The van der Waals surface area contributed by atoms with Gasteiger partial charge in [-0.15, -0.1) is 22.9 Å². The summed E-state index contributed by atoms with van der Waals surface area (Å²) in [6, 6.07) is 6.11. The van der Waals surface area contributed by atoms with Gasteiger partial charge in [0.05, 0.1) is 21.4 Å². The third-order valence-electron chi connectivity index (χ3n) is 3.13. The first-order valence-electron chi connectivity index (χ1n) is 6.33. The predicted octanol–water partition coefficient (Wildman–Crippen LogP) is 4.80. The monoisotopic (exact) mass is 369 g/mol. The maximum absolute atomic E-state index is 6.27. The van der Waals surface area contributed by atoms with Crippen LogP contribution in [0.2, 0.25) is 0 Å². The molecule has 20 heavy (non-hydrogen) atoms. The number of aromatic nitrogens is 3. The molecule has 0 spiro atoms. The lowest BCUT2D eigenvalue weighted by Crippen LogP contribution is -2.06. The number of hydrogen-bond donors (Lipinski definition) is 0. The summed E-state index contributed by atoms with van der Waals surface area (Å²) in [4.78, 5) is 8.98. The Bertz CT molecular complexity index is 721. The van der Waals surface area contributed by atoms with Crippen molar-refractivity contribution in [2.45, 2.75) is 25.3 Å². The van der Waals surface area contributed by atoms with Crippen molar-refractivity contribution < 1.29 is 0 Å². The fraction of sp³-hybridized carbons (Fsp3) is 0.286. The molecule has 0 saturated carbocycles. The van der Waals surface area contributed by atoms with E-state index in [1.54, 1.807) is 11.3 Å². The first kappa shape index (κ1) is 14.0. The van der Waals surface area contributed by atoms with Gasteiger partial charge in [0.1, 0.15) is 5.82 Å². The van der Waals surface area contributed by atoms with E-state index >= 15 is 0 Å². The minimum atomic E-state index is -0.113. The van der Waals surface area contributed by atoms with Crippen LogP contribution < -0.4 is 0 Å². The second kappa shape index (κ2) is 5.84. The van der Waals surface area contributed by atoms with E-state index in [0.717, 1.165) is 39.3 Å². The zero-order chi connectivity index (χ0) is 14.1. The highest BCUT2D eigenvalue weighted by molar-refractivity contribution is 9.10. The minimum Gasteiger partial charge on any atom is -0.326 e. The fourth-order valence-electron chi connectivity index (χ4n) is 2.24. The van der Waals surface area contributed by atoms with Gasteiger partial charge in [-0.25, -0.2) is 9.97 Å². The quantitative estimate of drug-likeness (QED) is 0.618. The van der Waals surface area contributed by atoms with E-state index in [9.17, 15) is 0 Å². The number of rotatable bonds is 4. The molecule has 1 atom stereocenters. The van der Waals surface area contributed by atoms with E-state index in [1.165, 1.54) is 0 Å². The highest BCUT2D eigenvalue weighted by Gasteiger charge is 2.15. The molecule has 1 unspecified atom stereocenters. The molecular weight excluding hydrogens is 358 g/mol. The number of halogens is 2. The van der Waals surface area contributed by atoms with Gasteiger partial charge in [0.25, 0.3) is 0 Å². The highest BCUT2D eigenvalue weighted by Crippen LogP contribution is 2.27. The molecule has 0 fully saturated rings. The maximum atomic E-state index is 6.27. The average Bonchev–Trinajstić information content (AvgIpc) is 3.03. The molecule has 3 aromatic rings. The van der Waals surface area contributed by atoms with Gasteiger partial charge in [-0.3, -0.25) is 0 Å². The summed E-state index contributed by atoms with van der Waals surface area (Å²) < 4.78 is 3.24. The van der Waals surface area contributed by atoms with Gasteiger partial charge in [-0.05, 0) is 25.1 Å². The van der Waals surface area contributed by atoms with E-state index in [4.69, 9.17) is 11.6 Å². The Morgan fingerprint density at radius 3 is 3.00 bits per heavy atom. The van der Waals surface area contributed by atoms with Crippen LogP contribution in [0.1, 0.15) is 23.1 Å². The van der Waals surface area contributed by atoms with Crippen molar-refractivity contribution in [3.63, 3.8) is 0 Å². The average molecular weight is 371 g/mol. The molecule has 3 rings (SSSR count). The van der Waals surface area contributed by atoms with Crippen molar-refractivity contribution in [1.82, 2.24) is 14.5 Å². The van der Waals surface area contributed by atoms with Gasteiger partial charge < -0.3 is 4.57 Å². The number of imidazole rings is 1. The molecule has 6 heteroatoms. The Labute approximate surface area is 134 Å². The zero-order valence-corrected chi connectivity index (χ0v) is 14.0. The number of thiazole rings is 1. The molecule has 0 amide bonds. The Morgan fingerprint density at radius 1 is 1.45 bits per heavy atom. The van der Waals surface area contributed by atoms with E-state index in [2.05, 4.69) is 36.5 Å². The Hall–Kier alpha value is -0.910. The van der Waals surface area contributed by atoms with Crippen molar-refractivity contribution in [3.8, 4) is 0 Å². The Morgan fingerprint density at radius 2 is 2.30 bits per heavy atom. The van der Waals surface area contributed by atoms with Gasteiger partial charge >= 0.3 is 0 Å². The van der Waals surface area contributed by atoms with Gasteiger partial charge in [-0.2, -0.15) is 0 Å². The topological polar surface area (TPSA) is 30.7 Å². The van der Waals surface area contributed by atoms with Gasteiger partial charge in [-0.1, -0.05) is 15.9 Å². The van der Waals surface area contributed by atoms with E-state index in [0.29, 0.717) is 0 Å². The molecule has 104 valence electrons. The lowest BCUT2D eigenvalue weighted by atomic mass is 10.3.